The van der Waals surface area contributed by atoms with Gasteiger partial charge in [-0.2, -0.15) is 0 Å². The van der Waals surface area contributed by atoms with Crippen LogP contribution in [-0.2, 0) is 4.79 Å². The molecule has 12 heavy (non-hydrogen) atoms. The first-order chi connectivity index (χ1) is 5.70. The molecule has 0 amide bonds. The molecule has 0 fully saturated rings. The van der Waals surface area contributed by atoms with Crippen molar-refractivity contribution in [3.05, 3.63) is 23.8 Å². The van der Waals surface area contributed by atoms with E-state index in [4.69, 9.17) is 0 Å². The molecular formula is C10H15NO. The molecule has 0 aromatic heterocycles. The van der Waals surface area contributed by atoms with Gasteiger partial charge in [-0.3, -0.25) is 4.79 Å². The number of hydrogen-bond acceptors (Lipinski definition) is 2. The van der Waals surface area contributed by atoms with Gasteiger partial charge in [-0.05, 0) is 26.9 Å². The SMILES string of the molecule is CN(C)CC(=O)C1=CCCC=C1. The first-order valence-corrected chi connectivity index (χ1v) is 4.25. The van der Waals surface area contributed by atoms with Crippen molar-refractivity contribution in [3.63, 3.8) is 0 Å². The second-order valence-electron chi connectivity index (χ2n) is 3.30. The number of allylic oxidation sites excluding steroid dienone is 3. The van der Waals surface area contributed by atoms with Crippen molar-refractivity contribution in [2.45, 2.75) is 12.8 Å². The third-order valence-corrected chi connectivity index (χ3v) is 1.78. The molecule has 1 aliphatic rings. The van der Waals surface area contributed by atoms with Gasteiger partial charge < -0.3 is 4.90 Å². The molecule has 0 bridgehead atoms. The average molecular weight is 165 g/mol. The van der Waals surface area contributed by atoms with Gasteiger partial charge in [0.05, 0.1) is 6.54 Å². The summed E-state index contributed by atoms with van der Waals surface area (Å²) in [5, 5.41) is 0. The van der Waals surface area contributed by atoms with Gasteiger partial charge in [-0.1, -0.05) is 18.2 Å². The Morgan fingerprint density at radius 2 is 2.25 bits per heavy atom. The summed E-state index contributed by atoms with van der Waals surface area (Å²) < 4.78 is 0. The molecule has 66 valence electrons. The molecule has 0 saturated heterocycles. The van der Waals surface area contributed by atoms with Crippen molar-refractivity contribution in [2.75, 3.05) is 20.6 Å². The predicted molar refractivity (Wildman–Crippen MR) is 50.0 cm³/mol. The van der Waals surface area contributed by atoms with E-state index in [2.05, 4.69) is 6.08 Å². The Hall–Kier alpha value is -0.890. The van der Waals surface area contributed by atoms with Gasteiger partial charge in [0.15, 0.2) is 5.78 Å². The Balaban J connectivity index is 2.52. The number of carbonyl (C=O) groups is 1. The third-order valence-electron chi connectivity index (χ3n) is 1.78. The first kappa shape index (κ1) is 9.20. The van der Waals surface area contributed by atoms with Crippen LogP contribution in [0.2, 0.25) is 0 Å². The number of nitrogens with zero attached hydrogens (tertiary/aromatic N) is 1. The van der Waals surface area contributed by atoms with Crippen molar-refractivity contribution >= 4 is 5.78 Å². The highest BCUT2D eigenvalue weighted by Gasteiger charge is 2.08. The lowest BCUT2D eigenvalue weighted by Gasteiger charge is -2.10. The number of carbonyl (C=O) groups excluding carboxylic acids is 1. The summed E-state index contributed by atoms with van der Waals surface area (Å²) in [5.41, 5.74) is 0.870. The highest BCUT2D eigenvalue weighted by atomic mass is 16.1. The molecule has 0 N–H and O–H groups in total. The zero-order chi connectivity index (χ0) is 8.97. The van der Waals surface area contributed by atoms with Crippen LogP contribution in [0.3, 0.4) is 0 Å². The zero-order valence-electron chi connectivity index (χ0n) is 7.71. The van der Waals surface area contributed by atoms with Crippen LogP contribution in [0.5, 0.6) is 0 Å². The van der Waals surface area contributed by atoms with Gasteiger partial charge in [0, 0.05) is 5.57 Å². The molecule has 2 nitrogen and oxygen atoms in total. The second kappa shape index (κ2) is 4.21. The van der Waals surface area contributed by atoms with Crippen LogP contribution in [0.1, 0.15) is 12.8 Å². The lowest BCUT2D eigenvalue weighted by molar-refractivity contribution is -0.115. The molecule has 0 saturated carbocycles. The van der Waals surface area contributed by atoms with Crippen LogP contribution in [0.4, 0.5) is 0 Å². The van der Waals surface area contributed by atoms with E-state index in [0.717, 1.165) is 18.4 Å². The Morgan fingerprint density at radius 3 is 2.75 bits per heavy atom. The van der Waals surface area contributed by atoms with E-state index in [-0.39, 0.29) is 5.78 Å². The van der Waals surface area contributed by atoms with Crippen molar-refractivity contribution in [1.82, 2.24) is 4.90 Å². The summed E-state index contributed by atoms with van der Waals surface area (Å²) >= 11 is 0. The fourth-order valence-electron chi connectivity index (χ4n) is 1.20. The second-order valence-corrected chi connectivity index (χ2v) is 3.30. The van der Waals surface area contributed by atoms with Gasteiger partial charge >= 0.3 is 0 Å². The summed E-state index contributed by atoms with van der Waals surface area (Å²) in [7, 11) is 3.82. The standard InChI is InChI=1S/C10H15NO/c1-11(2)8-10(12)9-6-4-3-5-7-9/h4,6-7H,3,5,8H2,1-2H3. The maximum absolute atomic E-state index is 11.4. The Morgan fingerprint density at radius 1 is 1.50 bits per heavy atom. The molecule has 2 heteroatoms. The van der Waals surface area contributed by atoms with Crippen molar-refractivity contribution in [1.29, 1.82) is 0 Å². The van der Waals surface area contributed by atoms with Crippen LogP contribution < -0.4 is 0 Å². The largest absolute Gasteiger partial charge is 0.302 e. The monoisotopic (exact) mass is 165 g/mol. The van der Waals surface area contributed by atoms with Crippen LogP contribution in [-0.4, -0.2) is 31.3 Å². The van der Waals surface area contributed by atoms with E-state index in [1.54, 1.807) is 0 Å². The Bertz CT molecular complexity index is 226. The summed E-state index contributed by atoms with van der Waals surface area (Å²) in [5.74, 6) is 0.218. The topological polar surface area (TPSA) is 20.3 Å². The van der Waals surface area contributed by atoms with Gasteiger partial charge in [-0.15, -0.1) is 0 Å². The van der Waals surface area contributed by atoms with Gasteiger partial charge in [0.25, 0.3) is 0 Å². The molecule has 1 aliphatic carbocycles. The molecule has 0 aromatic carbocycles. The van der Waals surface area contributed by atoms with Gasteiger partial charge in [0.2, 0.25) is 0 Å². The lowest BCUT2D eigenvalue weighted by Crippen LogP contribution is -2.22. The highest BCUT2D eigenvalue weighted by molar-refractivity contribution is 5.99. The lowest BCUT2D eigenvalue weighted by atomic mass is 10.0. The van der Waals surface area contributed by atoms with E-state index in [0.29, 0.717) is 6.54 Å². The molecule has 0 heterocycles. The van der Waals surface area contributed by atoms with E-state index < -0.39 is 0 Å². The summed E-state index contributed by atoms with van der Waals surface area (Å²) in [6.07, 6.45) is 8.08. The maximum atomic E-state index is 11.4. The number of hydrogen-bond donors (Lipinski definition) is 0. The van der Waals surface area contributed by atoms with Crippen LogP contribution in [0.25, 0.3) is 0 Å². The smallest absolute Gasteiger partial charge is 0.176 e. The molecular weight excluding hydrogens is 150 g/mol. The molecule has 1 rings (SSSR count). The number of rotatable bonds is 3. The zero-order valence-corrected chi connectivity index (χ0v) is 7.71. The number of Topliss-reactive ketones (excluding diaryl/α,β-unsaturated/α-hetero) is 1. The maximum Gasteiger partial charge on any atom is 0.176 e. The molecule has 0 aromatic rings. The van der Waals surface area contributed by atoms with E-state index in [1.165, 1.54) is 0 Å². The van der Waals surface area contributed by atoms with Crippen molar-refractivity contribution < 1.29 is 4.79 Å². The fourth-order valence-corrected chi connectivity index (χ4v) is 1.20. The molecule has 0 radical (unpaired) electrons. The van der Waals surface area contributed by atoms with Crippen molar-refractivity contribution in [3.8, 4) is 0 Å². The summed E-state index contributed by atoms with van der Waals surface area (Å²) in [6, 6.07) is 0. The van der Waals surface area contributed by atoms with E-state index in [9.17, 15) is 4.79 Å². The van der Waals surface area contributed by atoms with E-state index >= 15 is 0 Å². The average Bonchev–Trinajstić information content (AvgIpc) is 2.05. The first-order valence-electron chi connectivity index (χ1n) is 4.25. The summed E-state index contributed by atoms with van der Waals surface area (Å²) in [4.78, 5) is 13.3. The fraction of sp³-hybridized carbons (Fsp3) is 0.500. The minimum absolute atomic E-state index is 0.218. The summed E-state index contributed by atoms with van der Waals surface area (Å²) in [6.45, 7) is 0.510. The minimum Gasteiger partial charge on any atom is -0.302 e. The molecule has 0 aliphatic heterocycles. The van der Waals surface area contributed by atoms with Crippen LogP contribution >= 0.6 is 0 Å². The minimum atomic E-state index is 0.218. The number of likely N-dealkylation sites (N-methyl/N-ethyl adjacent to an activating group) is 1. The highest BCUT2D eigenvalue weighted by Crippen LogP contribution is 2.10. The quantitative estimate of drug-likeness (QED) is 0.630. The van der Waals surface area contributed by atoms with E-state index in [1.807, 2.05) is 31.1 Å². The van der Waals surface area contributed by atoms with Crippen LogP contribution in [0.15, 0.2) is 23.8 Å². The molecule has 0 spiro atoms. The Labute approximate surface area is 73.6 Å². The van der Waals surface area contributed by atoms with Gasteiger partial charge in [0.1, 0.15) is 0 Å². The third kappa shape index (κ3) is 2.62. The number of ketones is 1. The molecule has 0 unspecified atom stereocenters. The molecule has 0 atom stereocenters. The normalized spacial score (nSPS) is 16.4. The van der Waals surface area contributed by atoms with Gasteiger partial charge in [-0.25, -0.2) is 0 Å². The van der Waals surface area contributed by atoms with Crippen LogP contribution in [0, 0.1) is 0 Å². The Kier molecular flexibility index (Phi) is 3.23. The van der Waals surface area contributed by atoms with Crippen molar-refractivity contribution in [2.24, 2.45) is 0 Å². The predicted octanol–water partition coefficient (Wildman–Crippen LogP) is 1.39.